The summed E-state index contributed by atoms with van der Waals surface area (Å²) in [5.41, 5.74) is 5.56. The lowest BCUT2D eigenvalue weighted by Gasteiger charge is -2.44. The van der Waals surface area contributed by atoms with Crippen LogP contribution in [-0.2, 0) is 36.6 Å². The van der Waals surface area contributed by atoms with Crippen molar-refractivity contribution >= 4 is 26.3 Å². The van der Waals surface area contributed by atoms with E-state index in [1.165, 1.54) is 5.57 Å². The Kier molecular flexibility index (Phi) is 14.5. The molecule has 7 atom stereocenters. The third kappa shape index (κ3) is 11.8. The molecule has 13 heteroatoms. The summed E-state index contributed by atoms with van der Waals surface area (Å²) < 4.78 is 20.6. The Bertz CT molecular complexity index is 1670. The summed E-state index contributed by atoms with van der Waals surface area (Å²) in [7, 11) is -2.02. The minimum Gasteiger partial charge on any atom is -0.462 e. The number of nitrogens with zero attached hydrogens (tertiary/aromatic N) is 3. The first-order chi connectivity index (χ1) is 26.1. The number of amides is 2. The van der Waals surface area contributed by atoms with Gasteiger partial charge in [0.25, 0.3) is 0 Å². The average Bonchev–Trinajstić information content (AvgIpc) is 3.60. The molecule has 1 saturated heterocycles. The maximum atomic E-state index is 13.3. The van der Waals surface area contributed by atoms with E-state index in [4.69, 9.17) is 19.1 Å². The number of hydrogen-bond acceptors (Lipinski definition) is 9. The number of hydrogen-bond donors (Lipinski definition) is 3. The first kappa shape index (κ1) is 42.3. The second-order valence-electron chi connectivity index (χ2n) is 17.5. The quantitative estimate of drug-likeness (QED) is 0.0503. The molecular weight excluding hydrogens is 715 g/mol. The summed E-state index contributed by atoms with van der Waals surface area (Å²) in [6.45, 7) is 16.6. The smallest absolute Gasteiger partial charge is 0.407 e. The van der Waals surface area contributed by atoms with Crippen LogP contribution in [0.5, 0.6) is 0 Å². The largest absolute Gasteiger partial charge is 0.462 e. The molecule has 55 heavy (non-hydrogen) atoms. The van der Waals surface area contributed by atoms with Gasteiger partial charge in [-0.2, -0.15) is 0 Å². The zero-order valence-corrected chi connectivity index (χ0v) is 34.9. The Labute approximate surface area is 327 Å². The number of fused-ring (bicyclic) bond motifs is 1. The van der Waals surface area contributed by atoms with Crippen LogP contribution in [0.4, 0.5) is 4.79 Å². The number of hydroxylamine groups is 1. The number of cyclic esters (lactones) is 1. The summed E-state index contributed by atoms with van der Waals surface area (Å²) in [4.78, 5) is 37.1. The molecule has 5 rings (SSSR count). The van der Waals surface area contributed by atoms with Crippen molar-refractivity contribution in [1.29, 1.82) is 0 Å². The maximum Gasteiger partial charge on any atom is 0.407 e. The van der Waals surface area contributed by atoms with E-state index in [1.807, 2.05) is 35.1 Å². The minimum absolute atomic E-state index is 0.0677. The SMILES string of the molecule is C[C@@H]1C=CC2=C[C@H](C)C[C@H](OC(=O)NCc3ccc(-c4cn(CCCCCCC(=O)NO)nn4)cc3)[C@@H]2[C@H]1CC[C@@H]1C[C@@H](O[Si](C)(C)C(C)(C)C)CC(=O)O1. The summed E-state index contributed by atoms with van der Waals surface area (Å²) in [5, 5.41) is 20.2. The first-order valence-electron chi connectivity index (χ1n) is 20.3. The molecule has 0 spiro atoms. The third-order valence-corrected chi connectivity index (χ3v) is 16.6. The Morgan fingerprint density at radius 2 is 1.80 bits per heavy atom. The number of carbonyl (C=O) groups is 3. The molecule has 302 valence electrons. The molecule has 0 saturated carbocycles. The first-order valence-corrected chi connectivity index (χ1v) is 23.2. The van der Waals surface area contributed by atoms with E-state index in [9.17, 15) is 14.4 Å². The van der Waals surface area contributed by atoms with Gasteiger partial charge in [0.1, 0.15) is 17.9 Å². The number of carbonyl (C=O) groups excluding carboxylic acids is 3. The van der Waals surface area contributed by atoms with Crippen LogP contribution in [-0.4, -0.2) is 64.8 Å². The molecule has 2 amide bonds. The van der Waals surface area contributed by atoms with Gasteiger partial charge in [0.2, 0.25) is 5.91 Å². The van der Waals surface area contributed by atoms with Crippen LogP contribution >= 0.6 is 0 Å². The molecule has 1 fully saturated rings. The van der Waals surface area contributed by atoms with Crippen LogP contribution in [0.15, 0.2) is 54.3 Å². The maximum absolute atomic E-state index is 13.3. The van der Waals surface area contributed by atoms with Crippen molar-refractivity contribution in [3.8, 4) is 11.3 Å². The third-order valence-electron chi connectivity index (χ3n) is 12.1. The fourth-order valence-electron chi connectivity index (χ4n) is 7.96. The van der Waals surface area contributed by atoms with E-state index in [2.05, 4.69) is 81.6 Å². The van der Waals surface area contributed by atoms with Crippen LogP contribution < -0.4 is 10.8 Å². The molecule has 3 N–H and O–H groups in total. The van der Waals surface area contributed by atoms with Gasteiger partial charge in [0, 0.05) is 37.4 Å². The van der Waals surface area contributed by atoms with Gasteiger partial charge < -0.3 is 19.2 Å². The zero-order valence-electron chi connectivity index (χ0n) is 33.9. The number of nitrogens with one attached hydrogen (secondary N) is 2. The van der Waals surface area contributed by atoms with Gasteiger partial charge in [-0.05, 0) is 79.1 Å². The minimum atomic E-state index is -2.02. The van der Waals surface area contributed by atoms with Crippen LogP contribution in [0.3, 0.4) is 0 Å². The second kappa shape index (κ2) is 18.9. The Morgan fingerprint density at radius 1 is 1.05 bits per heavy atom. The summed E-state index contributed by atoms with van der Waals surface area (Å²) in [5.74, 6) is 0.379. The standard InChI is InChI=1S/C42H63N5O7Si/c1-28-22-32-16-13-29(2)35(20-19-33-24-34(25-39(49)52-33)54-55(6,7)42(3,4)5)40(32)37(23-28)53-41(50)43-26-30-14-17-31(18-15-30)36-27-47(46-44-36)21-11-9-8-10-12-38(48)45-51/h13-18,22,27-29,33-35,37,40,51H,8-12,19-21,23-26H2,1-7H3,(H,43,50)(H,45,48)/t28-,29+,33+,34+,35-,37-,40-/m0/s1. The molecule has 2 aromatic rings. The molecule has 3 aliphatic rings. The van der Waals surface area contributed by atoms with Crippen molar-refractivity contribution in [2.45, 2.75) is 148 Å². The van der Waals surface area contributed by atoms with Crippen molar-refractivity contribution in [2.75, 3.05) is 0 Å². The summed E-state index contributed by atoms with van der Waals surface area (Å²) in [6, 6.07) is 7.91. The highest BCUT2D eigenvalue weighted by atomic mass is 28.4. The molecule has 1 aromatic heterocycles. The number of unbranched alkanes of at least 4 members (excludes halogenated alkanes) is 3. The van der Waals surface area contributed by atoms with Gasteiger partial charge in [-0.15, -0.1) is 5.10 Å². The molecular formula is C42H63N5O7Si. The summed E-state index contributed by atoms with van der Waals surface area (Å²) in [6.07, 6.45) is 15.0. The predicted octanol–water partition coefficient (Wildman–Crippen LogP) is 8.28. The highest BCUT2D eigenvalue weighted by molar-refractivity contribution is 6.74. The van der Waals surface area contributed by atoms with E-state index in [1.54, 1.807) is 5.48 Å². The lowest BCUT2D eigenvalue weighted by molar-refractivity contribution is -0.160. The van der Waals surface area contributed by atoms with Gasteiger partial charge in [-0.25, -0.2) is 10.3 Å². The predicted molar refractivity (Wildman–Crippen MR) is 213 cm³/mol. The van der Waals surface area contributed by atoms with E-state index in [0.717, 1.165) is 74.7 Å². The number of ether oxygens (including phenoxy) is 2. The van der Waals surface area contributed by atoms with Crippen molar-refractivity contribution in [2.24, 2.45) is 23.7 Å². The Hall–Kier alpha value is -3.81. The van der Waals surface area contributed by atoms with Crippen LogP contribution in [0.25, 0.3) is 11.3 Å². The Morgan fingerprint density at radius 3 is 2.53 bits per heavy atom. The lowest BCUT2D eigenvalue weighted by atomic mass is 9.65. The van der Waals surface area contributed by atoms with E-state index in [0.29, 0.717) is 25.3 Å². The highest BCUT2D eigenvalue weighted by Crippen LogP contribution is 2.45. The van der Waals surface area contributed by atoms with Crippen molar-refractivity contribution in [3.63, 3.8) is 0 Å². The normalized spacial score (nSPS) is 25.4. The van der Waals surface area contributed by atoms with Crippen LogP contribution in [0.1, 0.15) is 104 Å². The van der Waals surface area contributed by atoms with Gasteiger partial charge in [-0.3, -0.25) is 19.5 Å². The molecule has 12 nitrogen and oxygen atoms in total. The molecule has 1 aliphatic heterocycles. The zero-order chi connectivity index (χ0) is 39.8. The monoisotopic (exact) mass is 777 g/mol. The highest BCUT2D eigenvalue weighted by Gasteiger charge is 2.44. The molecule has 2 aliphatic carbocycles. The molecule has 0 bridgehead atoms. The second-order valence-corrected chi connectivity index (χ2v) is 22.2. The number of benzene rings is 1. The average molecular weight is 778 g/mol. The van der Waals surface area contributed by atoms with Crippen molar-refractivity contribution in [1.82, 2.24) is 25.8 Å². The molecule has 0 radical (unpaired) electrons. The van der Waals surface area contributed by atoms with Gasteiger partial charge in [-0.1, -0.05) is 95.2 Å². The molecule has 2 heterocycles. The number of esters is 1. The van der Waals surface area contributed by atoms with Crippen LogP contribution in [0.2, 0.25) is 18.1 Å². The van der Waals surface area contributed by atoms with Gasteiger partial charge in [0.05, 0.1) is 18.7 Å². The number of aryl methyl sites for hydroxylation is 1. The van der Waals surface area contributed by atoms with E-state index >= 15 is 0 Å². The van der Waals surface area contributed by atoms with Gasteiger partial charge in [0.15, 0.2) is 8.32 Å². The van der Waals surface area contributed by atoms with Gasteiger partial charge >= 0.3 is 12.1 Å². The summed E-state index contributed by atoms with van der Waals surface area (Å²) >= 11 is 0. The molecule has 0 unspecified atom stereocenters. The molecule has 1 aromatic carbocycles. The number of allylic oxidation sites excluding steroid dienone is 3. The number of alkyl carbamates (subject to hydrolysis) is 1. The fourth-order valence-corrected chi connectivity index (χ4v) is 9.33. The number of rotatable bonds is 16. The number of aromatic nitrogens is 3. The lowest BCUT2D eigenvalue weighted by Crippen LogP contribution is -2.47. The van der Waals surface area contributed by atoms with E-state index in [-0.39, 0.29) is 53.0 Å². The van der Waals surface area contributed by atoms with Crippen molar-refractivity contribution < 1.29 is 33.5 Å². The van der Waals surface area contributed by atoms with Crippen molar-refractivity contribution in [3.05, 3.63) is 59.8 Å². The van der Waals surface area contributed by atoms with Crippen LogP contribution in [0, 0.1) is 23.7 Å². The van der Waals surface area contributed by atoms with E-state index < -0.39 is 14.4 Å². The fraction of sp³-hybridized carbons (Fsp3) is 0.643. The Balaban J connectivity index is 1.12. The topological polar surface area (TPSA) is 154 Å².